The summed E-state index contributed by atoms with van der Waals surface area (Å²) in [5.41, 5.74) is 0.515. The van der Waals surface area contributed by atoms with E-state index >= 15 is 0 Å². The third kappa shape index (κ3) is 4.06. The van der Waals surface area contributed by atoms with E-state index in [0.29, 0.717) is 5.69 Å². The zero-order chi connectivity index (χ0) is 16.1. The lowest BCUT2D eigenvalue weighted by Gasteiger charge is -2.09. The Labute approximate surface area is 130 Å². The Morgan fingerprint density at radius 1 is 1.18 bits per heavy atom. The molecule has 0 unspecified atom stereocenters. The van der Waals surface area contributed by atoms with Crippen molar-refractivity contribution in [3.8, 4) is 0 Å². The van der Waals surface area contributed by atoms with Crippen molar-refractivity contribution in [2.75, 3.05) is 5.32 Å². The van der Waals surface area contributed by atoms with Crippen molar-refractivity contribution in [2.24, 2.45) is 0 Å². The van der Waals surface area contributed by atoms with E-state index in [1.54, 1.807) is 6.07 Å². The van der Waals surface area contributed by atoms with Gasteiger partial charge in [0.1, 0.15) is 5.82 Å². The maximum absolute atomic E-state index is 12.8. The molecule has 0 atom stereocenters. The maximum Gasteiger partial charge on any atom is 0.271 e. The normalized spacial score (nSPS) is 9.86. The quantitative estimate of drug-likeness (QED) is 0.516. The number of carbonyl (C=O) groups excluding carboxylic acids is 1. The smallest absolute Gasteiger partial charge is 0.271 e. The summed E-state index contributed by atoms with van der Waals surface area (Å²) in [6, 6.07) is 10.6. The first-order chi connectivity index (χ1) is 10.5. The lowest BCUT2D eigenvalue weighted by molar-refractivity contribution is -0.384. The zero-order valence-corrected chi connectivity index (χ0v) is 11.9. The molecular weight excluding hydrogens is 309 g/mol. The number of nitrogens with zero attached hydrogens (tertiary/aromatic N) is 1. The summed E-state index contributed by atoms with van der Waals surface area (Å²) in [5.74, 6) is -0.961. The highest BCUT2D eigenvalue weighted by Crippen LogP contribution is 2.16. The third-order valence-corrected chi connectivity index (χ3v) is 2.85. The molecule has 0 radical (unpaired) electrons. The lowest BCUT2D eigenvalue weighted by Crippen LogP contribution is -2.34. The largest absolute Gasteiger partial charge is 0.332 e. The van der Waals surface area contributed by atoms with Crippen LogP contribution in [0.15, 0.2) is 48.5 Å². The number of rotatable bonds is 3. The predicted octanol–water partition coefficient (Wildman–Crippen LogP) is 2.86. The molecule has 0 aliphatic carbocycles. The second-order valence-electron chi connectivity index (χ2n) is 4.22. The Hall–Kier alpha value is -2.87. The fourth-order valence-electron chi connectivity index (χ4n) is 1.64. The van der Waals surface area contributed by atoms with Crippen molar-refractivity contribution < 1.29 is 14.1 Å². The summed E-state index contributed by atoms with van der Waals surface area (Å²) in [5, 5.41) is 15.7. The Morgan fingerprint density at radius 3 is 2.50 bits per heavy atom. The molecule has 0 aromatic heterocycles. The molecule has 0 saturated carbocycles. The number of nitro benzene ring substituents is 1. The number of nitro groups is 1. The number of hydrogen-bond donors (Lipinski definition) is 2. The molecule has 0 spiro atoms. The van der Waals surface area contributed by atoms with Crippen molar-refractivity contribution >= 4 is 34.6 Å². The van der Waals surface area contributed by atoms with Gasteiger partial charge in [0.2, 0.25) is 0 Å². The van der Waals surface area contributed by atoms with E-state index in [4.69, 9.17) is 12.2 Å². The first-order valence-electron chi connectivity index (χ1n) is 6.08. The molecule has 0 bridgehead atoms. The van der Waals surface area contributed by atoms with Crippen LogP contribution in [-0.2, 0) is 0 Å². The van der Waals surface area contributed by atoms with Gasteiger partial charge in [0.05, 0.1) is 4.92 Å². The van der Waals surface area contributed by atoms with Gasteiger partial charge in [0.15, 0.2) is 5.11 Å². The minimum Gasteiger partial charge on any atom is -0.332 e. The van der Waals surface area contributed by atoms with E-state index in [1.165, 1.54) is 30.3 Å². The van der Waals surface area contributed by atoms with Crippen molar-refractivity contribution in [3.63, 3.8) is 0 Å². The molecule has 1 amide bonds. The van der Waals surface area contributed by atoms with Crippen LogP contribution in [0, 0.1) is 15.9 Å². The molecule has 0 aliphatic heterocycles. The SMILES string of the molecule is O=C(NC(=S)Nc1cccc([N+](=O)[O-])c1)c1ccc(F)cc1. The van der Waals surface area contributed by atoms with Crippen LogP contribution in [0.4, 0.5) is 15.8 Å². The monoisotopic (exact) mass is 319 g/mol. The number of carbonyl (C=O) groups is 1. The zero-order valence-electron chi connectivity index (χ0n) is 11.1. The Bertz CT molecular complexity index is 734. The number of benzene rings is 2. The summed E-state index contributed by atoms with van der Waals surface area (Å²) in [6.45, 7) is 0. The number of amides is 1. The van der Waals surface area contributed by atoms with Crippen LogP contribution >= 0.6 is 12.2 Å². The van der Waals surface area contributed by atoms with E-state index in [2.05, 4.69) is 10.6 Å². The van der Waals surface area contributed by atoms with Gasteiger partial charge >= 0.3 is 0 Å². The van der Waals surface area contributed by atoms with E-state index in [0.717, 1.165) is 12.1 Å². The molecule has 2 N–H and O–H groups in total. The number of nitrogens with one attached hydrogen (secondary N) is 2. The number of anilines is 1. The van der Waals surface area contributed by atoms with Gasteiger partial charge in [-0.25, -0.2) is 4.39 Å². The fourth-order valence-corrected chi connectivity index (χ4v) is 1.85. The highest BCUT2D eigenvalue weighted by molar-refractivity contribution is 7.80. The van der Waals surface area contributed by atoms with Crippen LogP contribution in [-0.4, -0.2) is 15.9 Å². The number of halogens is 1. The molecule has 0 fully saturated rings. The van der Waals surface area contributed by atoms with Gasteiger partial charge in [-0.1, -0.05) is 6.07 Å². The third-order valence-electron chi connectivity index (χ3n) is 2.65. The molecule has 2 rings (SSSR count). The van der Waals surface area contributed by atoms with E-state index in [1.807, 2.05) is 0 Å². The standard InChI is InChI=1S/C14H10FN3O3S/c15-10-6-4-9(5-7-10)13(19)17-14(22)16-11-2-1-3-12(8-11)18(20)21/h1-8H,(H2,16,17,19,22). The van der Waals surface area contributed by atoms with E-state index in [9.17, 15) is 19.3 Å². The first-order valence-corrected chi connectivity index (χ1v) is 6.49. The summed E-state index contributed by atoms with van der Waals surface area (Å²) in [4.78, 5) is 22.0. The van der Waals surface area contributed by atoms with E-state index < -0.39 is 16.6 Å². The van der Waals surface area contributed by atoms with Crippen molar-refractivity contribution in [2.45, 2.75) is 0 Å². The lowest BCUT2D eigenvalue weighted by atomic mass is 10.2. The molecule has 2 aromatic rings. The summed E-state index contributed by atoms with van der Waals surface area (Å²) < 4.78 is 12.8. The van der Waals surface area contributed by atoms with Crippen LogP contribution in [0.3, 0.4) is 0 Å². The first kappa shape index (κ1) is 15.5. The van der Waals surface area contributed by atoms with Gasteiger partial charge in [0.25, 0.3) is 11.6 Å². The molecule has 0 aliphatic rings. The molecular formula is C14H10FN3O3S. The highest BCUT2D eigenvalue weighted by atomic mass is 32.1. The summed E-state index contributed by atoms with van der Waals surface area (Å²) >= 11 is 4.96. The van der Waals surface area contributed by atoms with Crippen LogP contribution in [0.5, 0.6) is 0 Å². The Morgan fingerprint density at radius 2 is 1.86 bits per heavy atom. The van der Waals surface area contributed by atoms with Gasteiger partial charge in [-0.3, -0.25) is 20.2 Å². The van der Waals surface area contributed by atoms with Gasteiger partial charge < -0.3 is 5.32 Å². The molecule has 0 saturated heterocycles. The van der Waals surface area contributed by atoms with Crippen LogP contribution in [0.1, 0.15) is 10.4 Å². The van der Waals surface area contributed by atoms with Gasteiger partial charge in [-0.05, 0) is 42.5 Å². The van der Waals surface area contributed by atoms with Crippen LogP contribution in [0.2, 0.25) is 0 Å². The van der Waals surface area contributed by atoms with Gasteiger partial charge in [-0.2, -0.15) is 0 Å². The van der Waals surface area contributed by atoms with Crippen molar-refractivity contribution in [1.29, 1.82) is 0 Å². The molecule has 22 heavy (non-hydrogen) atoms. The molecule has 112 valence electrons. The number of thiocarbonyl (C=S) groups is 1. The molecule has 8 heteroatoms. The average molecular weight is 319 g/mol. The number of hydrogen-bond acceptors (Lipinski definition) is 4. The van der Waals surface area contributed by atoms with Gasteiger partial charge in [0, 0.05) is 23.4 Å². The minimum absolute atomic E-state index is 0.0187. The Balaban J connectivity index is 2.01. The average Bonchev–Trinajstić information content (AvgIpc) is 2.47. The molecule has 2 aromatic carbocycles. The topological polar surface area (TPSA) is 84.3 Å². The van der Waals surface area contributed by atoms with Crippen molar-refractivity contribution in [1.82, 2.24) is 5.32 Å². The van der Waals surface area contributed by atoms with Crippen LogP contribution < -0.4 is 10.6 Å². The Kier molecular flexibility index (Phi) is 4.74. The minimum atomic E-state index is -0.536. The fraction of sp³-hybridized carbons (Fsp3) is 0. The highest BCUT2D eigenvalue weighted by Gasteiger charge is 2.10. The van der Waals surface area contributed by atoms with Crippen LogP contribution in [0.25, 0.3) is 0 Å². The van der Waals surface area contributed by atoms with E-state index in [-0.39, 0.29) is 16.4 Å². The predicted molar refractivity (Wildman–Crippen MR) is 83.2 cm³/mol. The van der Waals surface area contributed by atoms with Gasteiger partial charge in [-0.15, -0.1) is 0 Å². The number of non-ortho nitro benzene ring substituents is 1. The van der Waals surface area contributed by atoms with Crippen molar-refractivity contribution in [3.05, 3.63) is 70.0 Å². The summed E-state index contributed by atoms with van der Waals surface area (Å²) in [7, 11) is 0. The maximum atomic E-state index is 12.8. The molecule has 6 nitrogen and oxygen atoms in total. The second kappa shape index (κ2) is 6.72. The second-order valence-corrected chi connectivity index (χ2v) is 4.63. The summed E-state index contributed by atoms with van der Waals surface area (Å²) in [6.07, 6.45) is 0. The molecule has 0 heterocycles.